The number of anilines is 2. The van der Waals surface area contributed by atoms with Gasteiger partial charge in [-0.1, -0.05) is 79.7 Å². The number of hydrogen-bond donors (Lipinski definition) is 13. The Morgan fingerprint density at radius 2 is 1.29 bits per heavy atom. The molecule has 0 saturated carbocycles. The van der Waals surface area contributed by atoms with Crippen molar-refractivity contribution < 1.29 is 92.9 Å². The number of phenols is 1. The Labute approximate surface area is 604 Å². The van der Waals surface area contributed by atoms with Gasteiger partial charge in [0.25, 0.3) is 18.2 Å². The van der Waals surface area contributed by atoms with Gasteiger partial charge in [0, 0.05) is 100 Å². The van der Waals surface area contributed by atoms with Gasteiger partial charge >= 0.3 is 0 Å². The Kier molecular flexibility index (Phi) is 31.4. The van der Waals surface area contributed by atoms with Crippen molar-refractivity contribution in [2.45, 2.75) is 192 Å². The Morgan fingerprint density at radius 3 is 1.86 bits per heavy atom. The highest BCUT2D eigenvalue weighted by molar-refractivity contribution is 7.90. The minimum Gasteiger partial charge on any atom is -0.504 e. The van der Waals surface area contributed by atoms with Gasteiger partial charge in [0.05, 0.1) is 55.7 Å². The van der Waals surface area contributed by atoms with E-state index in [1.54, 1.807) is 30.3 Å². The molecule has 0 spiro atoms. The van der Waals surface area contributed by atoms with Crippen molar-refractivity contribution in [1.82, 2.24) is 41.3 Å². The largest absolute Gasteiger partial charge is 0.504 e. The second-order valence-electron chi connectivity index (χ2n) is 27.0. The molecule has 4 aliphatic rings. The molecule has 13 N–H and O–H groups in total. The number of aromatic hydroxyl groups is 1. The maximum Gasteiger partial charge on any atom is 0.261 e. The van der Waals surface area contributed by atoms with Crippen LogP contribution in [0.25, 0.3) is 11.1 Å². The first-order valence-corrected chi connectivity index (χ1v) is 35.7. The van der Waals surface area contributed by atoms with Crippen molar-refractivity contribution in [2.24, 2.45) is 5.92 Å². The predicted molar refractivity (Wildman–Crippen MR) is 381 cm³/mol. The zero-order chi connectivity index (χ0) is 75.2. The number of amides is 7. The third kappa shape index (κ3) is 22.6. The van der Waals surface area contributed by atoms with Gasteiger partial charge in [-0.3, -0.25) is 38.5 Å². The highest BCUT2D eigenvalue weighted by Gasteiger charge is 2.50. The third-order valence-electron chi connectivity index (χ3n) is 18.8. The van der Waals surface area contributed by atoms with E-state index in [9.17, 15) is 74.6 Å². The molecule has 4 heterocycles. The van der Waals surface area contributed by atoms with E-state index in [0.717, 1.165) is 76.5 Å². The molecule has 31 heteroatoms. The lowest BCUT2D eigenvalue weighted by Gasteiger charge is -2.37. The van der Waals surface area contributed by atoms with Crippen molar-refractivity contribution in [3.8, 4) is 34.4 Å². The summed E-state index contributed by atoms with van der Waals surface area (Å²) in [5.41, 5.74) is 4.22. The van der Waals surface area contributed by atoms with Gasteiger partial charge in [0.2, 0.25) is 35.4 Å². The summed E-state index contributed by atoms with van der Waals surface area (Å²) in [6, 6.07) is 18.3. The minimum atomic E-state index is -2.15. The first kappa shape index (κ1) is 81.9. The normalized spacial score (nSPS) is 24.1. The van der Waals surface area contributed by atoms with Crippen LogP contribution in [0.5, 0.6) is 17.2 Å². The highest BCUT2D eigenvalue weighted by Crippen LogP contribution is 2.33. The first-order valence-electron chi connectivity index (χ1n) is 35.1. The summed E-state index contributed by atoms with van der Waals surface area (Å²) in [6.45, 7) is 18.9. The van der Waals surface area contributed by atoms with Gasteiger partial charge in [-0.2, -0.15) is 5.26 Å². The Balaban J connectivity index is 0.00000154. The first-order chi connectivity index (χ1) is 49.2. The molecule has 0 radical (unpaired) electrons. The van der Waals surface area contributed by atoms with Gasteiger partial charge in [-0.05, 0) is 125 Å². The van der Waals surface area contributed by atoms with E-state index in [1.807, 2.05) is 12.1 Å². The van der Waals surface area contributed by atoms with Gasteiger partial charge in [0.1, 0.15) is 42.0 Å². The number of carbonyl (C=O) groups is 7. The number of benzene rings is 4. The smallest absolute Gasteiger partial charge is 0.261 e. The number of carbonyl (C=O) groups excluding carboxylic acids is 7. The molecule has 564 valence electrons. The lowest BCUT2D eigenvalue weighted by molar-refractivity contribution is -0.433. The number of piperazine rings is 1. The SMILES string of the molecule is CCCCCCOc1ccc(-c2ccc(N3CCN(c4ccc(C(=O)N[C@H]5C[C@H](O)CNC(=O)[C@@H]6[C@@H](O)[C@H](C)CN6C(=O)[C@H]([C@H](O)CC#N)NC(=O)[C@H]([C@H](O)Cc6ccc(O)c(OSOOO)c6)NC(=O)[C@@H]6C[C@H](O)CN6C(=O)[C@H]([C@H](C)O)NC5=O)cc4)CC3)cc2)cc1.CCN(C(C)C)C(C)C. The molecule has 7 amide bonds. The fraction of sp³-hybridized carbons (Fsp3) is 0.556. The Morgan fingerprint density at radius 1 is 0.699 bits per heavy atom. The van der Waals surface area contributed by atoms with Gasteiger partial charge in [-0.15, -0.1) is 0 Å². The van der Waals surface area contributed by atoms with Crippen molar-refractivity contribution in [1.29, 1.82) is 5.26 Å². The van der Waals surface area contributed by atoms with Crippen LogP contribution in [0.15, 0.2) is 91.0 Å². The van der Waals surface area contributed by atoms with Gasteiger partial charge in [-0.25, -0.2) is 5.26 Å². The lowest BCUT2D eigenvalue weighted by Crippen LogP contribution is -2.64. The molecular weight excluding hydrogens is 1350 g/mol. The summed E-state index contributed by atoms with van der Waals surface area (Å²) in [7, 11) is 0. The summed E-state index contributed by atoms with van der Waals surface area (Å²) in [5, 5.41) is 113. The zero-order valence-corrected chi connectivity index (χ0v) is 60.3. The average molecular weight is 1460 g/mol. The summed E-state index contributed by atoms with van der Waals surface area (Å²) in [4.78, 5) is 110. The van der Waals surface area contributed by atoms with Crippen LogP contribution in [0.3, 0.4) is 0 Å². The standard InChI is InChI=1S/C64H82N10O19S.C8H19N/c1-4-5-6-7-28-90-46-19-13-40(14-20-46)39-9-15-42(16-10-39)71-24-26-72(27-25-71)43-17-11-41(12-18-43)58(82)67-47-31-44(76)33-66-62(86)56-57(81)36(2)34-74(56)64(88)55(50(79)22-23-65)70-61(85)54(51(80)29-38-8-21-49(78)52(30-38)91-94-93-92-89)69-60(84)48-32-45(77)35-73(48)63(87)53(37(3)75)68-59(47)83;1-6-9(7(2)3)8(4)5/h8-21,30,36-37,44-45,47-48,50-51,53-57,75-81,89H,4-7,22,24-29,31-35H2,1-3H3,(H,66,86)(H,67,82)(H,68,83)(H,69,84)(H,70,85);7-8H,6H2,1-5H3/t36-,37+,44+,45+,47+,48+,50-,51-,53+,54+,55+,56+,57+;/m1./s1. The van der Waals surface area contributed by atoms with Crippen LogP contribution in [0, 0.1) is 17.2 Å². The van der Waals surface area contributed by atoms with Crippen molar-refractivity contribution in [2.75, 3.05) is 68.8 Å². The lowest BCUT2D eigenvalue weighted by atomic mass is 9.98. The van der Waals surface area contributed by atoms with Gasteiger partial charge in [0.15, 0.2) is 11.5 Å². The van der Waals surface area contributed by atoms with Crippen LogP contribution in [0.2, 0.25) is 0 Å². The number of nitrogens with zero attached hydrogens (tertiary/aromatic N) is 6. The molecule has 103 heavy (non-hydrogen) atoms. The number of aliphatic hydroxyl groups is 6. The van der Waals surface area contributed by atoms with Crippen molar-refractivity contribution in [3.05, 3.63) is 102 Å². The molecule has 4 aromatic carbocycles. The number of phenolic OH excluding ortho intramolecular Hbond substituents is 1. The number of fused-ring (bicyclic) bond motifs is 2. The molecule has 4 fully saturated rings. The number of hydrogen-bond acceptors (Lipinski definition) is 24. The van der Waals surface area contributed by atoms with Crippen LogP contribution in [0.1, 0.15) is 116 Å². The summed E-state index contributed by atoms with van der Waals surface area (Å²) in [6.07, 6.45) is -8.49. The molecule has 0 unspecified atom stereocenters. The van der Waals surface area contributed by atoms with Crippen LogP contribution in [0.4, 0.5) is 11.4 Å². The summed E-state index contributed by atoms with van der Waals surface area (Å²) < 4.78 is 15.2. The molecule has 4 aromatic rings. The van der Waals surface area contributed by atoms with Crippen LogP contribution in [-0.4, -0.2) is 241 Å². The molecule has 4 saturated heterocycles. The molecular formula is C72H101N11O19S. The molecule has 13 atom stereocenters. The summed E-state index contributed by atoms with van der Waals surface area (Å²) >= 11 is 0.0711. The van der Waals surface area contributed by atoms with Crippen LogP contribution in [-0.2, 0) is 44.6 Å². The highest BCUT2D eigenvalue weighted by atomic mass is 32.2. The fourth-order valence-corrected chi connectivity index (χ4v) is 13.5. The molecule has 30 nitrogen and oxygen atoms in total. The van der Waals surface area contributed by atoms with E-state index < -0.39 is 165 Å². The number of β-amino-alcohol motifs (C(OH)–C–C–N with tert-alkyl or cyclic N) is 1. The van der Waals surface area contributed by atoms with Crippen molar-refractivity contribution in [3.63, 3.8) is 0 Å². The van der Waals surface area contributed by atoms with Crippen LogP contribution < -0.4 is 45.3 Å². The monoisotopic (exact) mass is 1460 g/mol. The van der Waals surface area contributed by atoms with E-state index >= 15 is 0 Å². The van der Waals surface area contributed by atoms with Gasteiger partial charge < -0.3 is 90.8 Å². The molecule has 4 aliphatic heterocycles. The van der Waals surface area contributed by atoms with Crippen molar-refractivity contribution >= 4 is 65.0 Å². The molecule has 0 bridgehead atoms. The second-order valence-corrected chi connectivity index (χ2v) is 27.4. The molecule has 8 rings (SSSR count). The second kappa shape index (κ2) is 39.5. The van der Waals surface area contributed by atoms with E-state index in [2.05, 4.69) is 129 Å². The van der Waals surface area contributed by atoms with E-state index in [-0.39, 0.29) is 35.7 Å². The molecule has 0 aromatic heterocycles. The van der Waals surface area contributed by atoms with E-state index in [4.69, 9.17) is 14.2 Å². The number of nitrogens with one attached hydrogen (secondary N) is 5. The maximum atomic E-state index is 14.7. The zero-order valence-electron chi connectivity index (χ0n) is 59.5. The summed E-state index contributed by atoms with van der Waals surface area (Å²) in [5.74, 6) is -8.68. The number of unbranched alkanes of at least 4 members (excludes halogenated alkanes) is 3. The number of rotatable bonds is 24. The Hall–Kier alpha value is -8.39. The number of aliphatic hydroxyl groups excluding tert-OH is 6. The van der Waals surface area contributed by atoms with E-state index in [0.29, 0.717) is 44.9 Å². The van der Waals surface area contributed by atoms with E-state index in [1.165, 1.54) is 25.8 Å². The number of nitriles is 1. The molecule has 0 aliphatic carbocycles. The minimum absolute atomic E-state index is 0.0711. The van der Waals surface area contributed by atoms with Crippen LogP contribution >= 0.6 is 12.3 Å². The quantitative estimate of drug-likeness (QED) is 0.0207. The topological polar surface area (TPSA) is 418 Å². The predicted octanol–water partition coefficient (Wildman–Crippen LogP) is 2.70. The Bertz CT molecular complexity index is 3460. The fourth-order valence-electron chi connectivity index (χ4n) is 13.2. The average Bonchev–Trinajstić information content (AvgIpc) is 1.68. The maximum absolute atomic E-state index is 14.7. The third-order valence-corrected chi connectivity index (χ3v) is 19.2. The number of ether oxygens (including phenoxy) is 1.